The van der Waals surface area contributed by atoms with E-state index in [4.69, 9.17) is 0 Å². The molecule has 2 aliphatic heterocycles. The molecule has 3 nitrogen and oxygen atoms in total. The first-order valence-corrected chi connectivity index (χ1v) is 7.06. The molecule has 4 heteroatoms. The van der Waals surface area contributed by atoms with Gasteiger partial charge in [0, 0.05) is 18.1 Å². The monoisotopic (exact) mass is 237 g/mol. The molecule has 3 heterocycles. The Balaban J connectivity index is 1.60. The highest BCUT2D eigenvalue weighted by molar-refractivity contribution is 7.09. The van der Waals surface area contributed by atoms with Crippen molar-refractivity contribution in [1.82, 2.24) is 15.2 Å². The van der Waals surface area contributed by atoms with Crippen molar-refractivity contribution < 1.29 is 0 Å². The first-order valence-electron chi connectivity index (χ1n) is 6.18. The quantitative estimate of drug-likeness (QED) is 0.849. The molecule has 3 rings (SSSR count). The van der Waals surface area contributed by atoms with Crippen LogP contribution in [0.5, 0.6) is 0 Å². The molecular formula is C12H19N3S. The van der Waals surface area contributed by atoms with Gasteiger partial charge in [0.25, 0.3) is 0 Å². The van der Waals surface area contributed by atoms with Gasteiger partial charge < -0.3 is 5.32 Å². The largest absolute Gasteiger partial charge is 0.317 e. The van der Waals surface area contributed by atoms with Crippen LogP contribution in [0.25, 0.3) is 0 Å². The topological polar surface area (TPSA) is 28.2 Å². The van der Waals surface area contributed by atoms with E-state index in [9.17, 15) is 0 Å². The van der Waals surface area contributed by atoms with Gasteiger partial charge in [-0.2, -0.15) is 0 Å². The summed E-state index contributed by atoms with van der Waals surface area (Å²) in [6.07, 6.45) is 6.03. The Hall–Kier alpha value is -0.450. The fourth-order valence-corrected chi connectivity index (χ4v) is 3.71. The minimum atomic E-state index is 0.627. The Morgan fingerprint density at radius 2 is 2.25 bits per heavy atom. The number of hydrogen-bond acceptors (Lipinski definition) is 4. The highest BCUT2D eigenvalue weighted by atomic mass is 32.1. The van der Waals surface area contributed by atoms with Gasteiger partial charge >= 0.3 is 0 Å². The normalized spacial score (nSPS) is 25.2. The fraction of sp³-hybridized carbons (Fsp3) is 0.750. The van der Waals surface area contributed by atoms with Gasteiger partial charge in [-0.05, 0) is 44.3 Å². The van der Waals surface area contributed by atoms with E-state index >= 15 is 0 Å². The van der Waals surface area contributed by atoms with Crippen molar-refractivity contribution in [1.29, 1.82) is 0 Å². The first-order chi connectivity index (χ1) is 7.86. The number of aromatic nitrogens is 1. The number of likely N-dealkylation sites (tertiary alicyclic amines) is 1. The minimum Gasteiger partial charge on any atom is -0.317 e. The van der Waals surface area contributed by atoms with Gasteiger partial charge in [-0.25, -0.2) is 4.98 Å². The molecule has 1 N–H and O–H groups in total. The van der Waals surface area contributed by atoms with Gasteiger partial charge in [-0.1, -0.05) is 0 Å². The third-order valence-corrected chi connectivity index (χ3v) is 4.79. The van der Waals surface area contributed by atoms with Crippen molar-refractivity contribution in [3.8, 4) is 0 Å². The standard InChI is InChI=1S/C12H19N3S/c1-4-13-5-2-12(1)3-7-15(10-12)9-11-14-6-8-16-11/h6,8,13H,1-5,7,9-10H2. The van der Waals surface area contributed by atoms with Crippen molar-refractivity contribution in [2.45, 2.75) is 25.8 Å². The van der Waals surface area contributed by atoms with Gasteiger partial charge in [-0.15, -0.1) is 11.3 Å². The molecular weight excluding hydrogens is 218 g/mol. The predicted octanol–water partition coefficient (Wildman–Crippen LogP) is 1.72. The molecule has 0 aliphatic carbocycles. The van der Waals surface area contributed by atoms with Crippen molar-refractivity contribution >= 4 is 11.3 Å². The summed E-state index contributed by atoms with van der Waals surface area (Å²) in [5.74, 6) is 0. The maximum absolute atomic E-state index is 4.38. The average molecular weight is 237 g/mol. The summed E-state index contributed by atoms with van der Waals surface area (Å²) in [6.45, 7) is 6.04. The van der Waals surface area contributed by atoms with Crippen LogP contribution in [0.1, 0.15) is 24.3 Å². The van der Waals surface area contributed by atoms with Crippen LogP contribution in [0.2, 0.25) is 0 Å². The smallest absolute Gasteiger partial charge is 0.107 e. The third-order valence-electron chi connectivity index (χ3n) is 4.02. The van der Waals surface area contributed by atoms with Crippen molar-refractivity contribution in [2.24, 2.45) is 5.41 Å². The molecule has 0 bridgehead atoms. The summed E-state index contributed by atoms with van der Waals surface area (Å²) in [5, 5.41) is 6.81. The lowest BCUT2D eigenvalue weighted by atomic mass is 9.78. The second-order valence-electron chi connectivity index (χ2n) is 5.14. The molecule has 2 aliphatic rings. The second kappa shape index (κ2) is 4.43. The molecule has 88 valence electrons. The van der Waals surface area contributed by atoms with Crippen LogP contribution in [-0.4, -0.2) is 36.1 Å². The Bertz CT molecular complexity index is 330. The highest BCUT2D eigenvalue weighted by Crippen LogP contribution is 2.38. The van der Waals surface area contributed by atoms with E-state index in [0.29, 0.717) is 5.41 Å². The predicted molar refractivity (Wildman–Crippen MR) is 66.5 cm³/mol. The van der Waals surface area contributed by atoms with Crippen molar-refractivity contribution in [3.63, 3.8) is 0 Å². The van der Waals surface area contributed by atoms with Gasteiger partial charge in [0.1, 0.15) is 5.01 Å². The Labute approximate surface area is 101 Å². The number of nitrogens with zero attached hydrogens (tertiary/aromatic N) is 2. The fourth-order valence-electron chi connectivity index (χ4n) is 3.05. The molecule has 1 spiro atoms. The van der Waals surface area contributed by atoms with Crippen LogP contribution in [-0.2, 0) is 6.54 Å². The highest BCUT2D eigenvalue weighted by Gasteiger charge is 2.38. The van der Waals surface area contributed by atoms with Gasteiger partial charge in [-0.3, -0.25) is 4.90 Å². The van der Waals surface area contributed by atoms with Crippen LogP contribution in [0.15, 0.2) is 11.6 Å². The van der Waals surface area contributed by atoms with E-state index in [1.165, 1.54) is 50.4 Å². The Kier molecular flexibility index (Phi) is 2.96. The summed E-state index contributed by atoms with van der Waals surface area (Å²) in [5.41, 5.74) is 0.627. The summed E-state index contributed by atoms with van der Waals surface area (Å²) in [7, 11) is 0. The van der Waals surface area contributed by atoms with Crippen LogP contribution < -0.4 is 5.32 Å². The second-order valence-corrected chi connectivity index (χ2v) is 6.12. The lowest BCUT2D eigenvalue weighted by molar-refractivity contribution is 0.194. The third kappa shape index (κ3) is 2.14. The van der Waals surface area contributed by atoms with Crippen LogP contribution in [0.3, 0.4) is 0 Å². The van der Waals surface area contributed by atoms with Crippen LogP contribution in [0, 0.1) is 5.41 Å². The number of hydrogen-bond donors (Lipinski definition) is 1. The zero-order valence-electron chi connectivity index (χ0n) is 9.61. The molecule has 0 atom stereocenters. The lowest BCUT2D eigenvalue weighted by Gasteiger charge is -2.33. The van der Waals surface area contributed by atoms with Gasteiger partial charge in [0.2, 0.25) is 0 Å². The van der Waals surface area contributed by atoms with E-state index in [0.717, 1.165) is 6.54 Å². The van der Waals surface area contributed by atoms with E-state index in [-0.39, 0.29) is 0 Å². The molecule has 0 saturated carbocycles. The Morgan fingerprint density at radius 1 is 1.38 bits per heavy atom. The zero-order chi connectivity index (χ0) is 10.8. The molecule has 2 saturated heterocycles. The Morgan fingerprint density at radius 3 is 3.00 bits per heavy atom. The van der Waals surface area contributed by atoms with E-state index in [2.05, 4.69) is 20.6 Å². The van der Waals surface area contributed by atoms with E-state index < -0.39 is 0 Å². The first kappa shape index (κ1) is 10.7. The molecule has 1 aromatic rings. The number of thiazole rings is 1. The van der Waals surface area contributed by atoms with Crippen molar-refractivity contribution in [2.75, 3.05) is 26.2 Å². The summed E-state index contributed by atoms with van der Waals surface area (Å²) < 4.78 is 0. The average Bonchev–Trinajstić information content (AvgIpc) is 2.92. The van der Waals surface area contributed by atoms with Gasteiger partial charge in [0.15, 0.2) is 0 Å². The molecule has 0 radical (unpaired) electrons. The summed E-state index contributed by atoms with van der Waals surface area (Å²) in [4.78, 5) is 6.97. The number of piperidine rings is 1. The lowest BCUT2D eigenvalue weighted by Crippen LogP contribution is -2.38. The zero-order valence-corrected chi connectivity index (χ0v) is 10.4. The molecule has 0 aromatic carbocycles. The molecule has 2 fully saturated rings. The molecule has 1 aromatic heterocycles. The number of nitrogens with one attached hydrogen (secondary N) is 1. The van der Waals surface area contributed by atoms with E-state index in [1.54, 1.807) is 11.3 Å². The van der Waals surface area contributed by atoms with E-state index in [1.807, 2.05) is 6.20 Å². The summed E-state index contributed by atoms with van der Waals surface area (Å²) >= 11 is 1.78. The maximum atomic E-state index is 4.38. The molecule has 0 unspecified atom stereocenters. The molecule has 16 heavy (non-hydrogen) atoms. The van der Waals surface area contributed by atoms with Crippen molar-refractivity contribution in [3.05, 3.63) is 16.6 Å². The number of rotatable bonds is 2. The maximum Gasteiger partial charge on any atom is 0.107 e. The molecule has 0 amide bonds. The summed E-state index contributed by atoms with van der Waals surface area (Å²) in [6, 6.07) is 0. The van der Waals surface area contributed by atoms with Crippen LogP contribution >= 0.6 is 11.3 Å². The van der Waals surface area contributed by atoms with Gasteiger partial charge in [0.05, 0.1) is 6.54 Å². The minimum absolute atomic E-state index is 0.627. The SMILES string of the molecule is c1csc(CN2CCC3(CCNCC3)C2)n1. The van der Waals surface area contributed by atoms with Crippen LogP contribution in [0.4, 0.5) is 0 Å².